The molecule has 0 aromatic rings. The van der Waals surface area contributed by atoms with Crippen LogP contribution >= 0.6 is 0 Å². The van der Waals surface area contributed by atoms with Crippen molar-refractivity contribution in [3.8, 4) is 0 Å². The van der Waals surface area contributed by atoms with Gasteiger partial charge in [-0.1, -0.05) is 6.58 Å². The van der Waals surface area contributed by atoms with Crippen LogP contribution in [0.25, 0.3) is 0 Å². The third-order valence-corrected chi connectivity index (χ3v) is 1.03. The molecule has 6 heteroatoms. The summed E-state index contributed by atoms with van der Waals surface area (Å²) < 4.78 is 32.1. The van der Waals surface area contributed by atoms with E-state index in [1.807, 2.05) is 0 Å². The van der Waals surface area contributed by atoms with Crippen LogP contribution in [0.4, 0.5) is 0 Å². The Labute approximate surface area is 63.7 Å². The van der Waals surface area contributed by atoms with Crippen LogP contribution in [0.5, 0.6) is 0 Å². The first-order valence-electron chi connectivity index (χ1n) is 2.43. The Morgan fingerprint density at radius 1 is 1.55 bits per heavy atom. The summed E-state index contributed by atoms with van der Waals surface area (Å²) in [7, 11) is -4.22. The summed E-state index contributed by atoms with van der Waals surface area (Å²) in [5.41, 5.74) is 0. The highest BCUT2D eigenvalue weighted by atomic mass is 32.2. The monoisotopic (exact) mass is 178 g/mol. The van der Waals surface area contributed by atoms with Gasteiger partial charge >= 0.3 is 5.97 Å². The molecule has 0 radical (unpaired) electrons. The van der Waals surface area contributed by atoms with E-state index in [1.165, 1.54) is 0 Å². The van der Waals surface area contributed by atoms with Gasteiger partial charge in [0.25, 0.3) is 10.1 Å². The predicted molar refractivity (Wildman–Crippen MR) is 37.0 cm³/mol. The molecular weight excluding hydrogens is 172 g/mol. The minimum atomic E-state index is -4.22. The molecule has 0 aromatic carbocycles. The summed E-state index contributed by atoms with van der Waals surface area (Å²) >= 11 is 0. The molecule has 0 saturated carbocycles. The molecule has 0 aliphatic heterocycles. The van der Waals surface area contributed by atoms with Crippen LogP contribution in [0.15, 0.2) is 24.3 Å². The van der Waals surface area contributed by atoms with Gasteiger partial charge in [-0.2, -0.15) is 8.42 Å². The summed E-state index contributed by atoms with van der Waals surface area (Å²) in [6.07, 6.45) is 1.41. The van der Waals surface area contributed by atoms with Gasteiger partial charge in [-0.3, -0.25) is 4.55 Å². The zero-order valence-electron chi connectivity index (χ0n) is 5.43. The van der Waals surface area contributed by atoms with Crippen LogP contribution in [0.2, 0.25) is 0 Å². The molecule has 0 unspecified atom stereocenters. The van der Waals surface area contributed by atoms with Gasteiger partial charge in [0, 0.05) is 6.08 Å². The van der Waals surface area contributed by atoms with Gasteiger partial charge in [0.1, 0.15) is 6.26 Å². The SMILES string of the molecule is C=CC(=O)O/C=C/S(=O)(=O)O. The van der Waals surface area contributed by atoms with Gasteiger partial charge in [-0.15, -0.1) is 0 Å². The molecule has 0 fully saturated rings. The zero-order chi connectivity index (χ0) is 8.91. The van der Waals surface area contributed by atoms with Crippen molar-refractivity contribution in [2.75, 3.05) is 0 Å². The highest BCUT2D eigenvalue weighted by Crippen LogP contribution is 1.87. The van der Waals surface area contributed by atoms with Gasteiger partial charge < -0.3 is 4.74 Å². The molecule has 0 spiro atoms. The van der Waals surface area contributed by atoms with Crippen molar-refractivity contribution in [1.82, 2.24) is 0 Å². The van der Waals surface area contributed by atoms with E-state index in [4.69, 9.17) is 4.55 Å². The van der Waals surface area contributed by atoms with Crippen LogP contribution in [-0.4, -0.2) is 18.9 Å². The number of carbonyl (C=O) groups excluding carboxylic acids is 1. The quantitative estimate of drug-likeness (QED) is 0.286. The molecule has 62 valence electrons. The number of hydrogen-bond donors (Lipinski definition) is 1. The van der Waals surface area contributed by atoms with Crippen molar-refractivity contribution < 1.29 is 22.5 Å². The average molecular weight is 178 g/mol. The van der Waals surface area contributed by atoms with Crippen LogP contribution in [0.3, 0.4) is 0 Å². The van der Waals surface area contributed by atoms with Gasteiger partial charge in [0.2, 0.25) is 0 Å². The first kappa shape index (κ1) is 9.86. The van der Waals surface area contributed by atoms with Crippen LogP contribution in [0, 0.1) is 0 Å². The molecule has 0 heterocycles. The molecule has 1 N–H and O–H groups in total. The van der Waals surface area contributed by atoms with E-state index >= 15 is 0 Å². The molecule has 0 aromatic heterocycles. The summed E-state index contributed by atoms with van der Waals surface area (Å²) in [5.74, 6) is -0.801. The lowest BCUT2D eigenvalue weighted by Crippen LogP contribution is -1.95. The number of carbonyl (C=O) groups is 1. The van der Waals surface area contributed by atoms with E-state index in [0.29, 0.717) is 11.7 Å². The van der Waals surface area contributed by atoms with Crippen LogP contribution in [-0.2, 0) is 19.6 Å². The molecule has 0 bridgehead atoms. The standard InChI is InChI=1S/C5H6O5S/c1-2-5(6)10-3-4-11(7,8)9/h2-4H,1H2,(H,7,8,9)/b4-3+. The average Bonchev–Trinajstić information content (AvgIpc) is 1.85. The van der Waals surface area contributed by atoms with Crippen molar-refractivity contribution in [3.63, 3.8) is 0 Å². The molecule has 5 nitrogen and oxygen atoms in total. The summed E-state index contributed by atoms with van der Waals surface area (Å²) in [6.45, 7) is 3.06. The fraction of sp³-hybridized carbons (Fsp3) is 0. The molecule has 0 aliphatic carbocycles. The van der Waals surface area contributed by atoms with Gasteiger partial charge in [0.15, 0.2) is 0 Å². The maximum atomic E-state index is 10.2. The van der Waals surface area contributed by atoms with Crippen molar-refractivity contribution in [2.45, 2.75) is 0 Å². The highest BCUT2D eigenvalue weighted by molar-refractivity contribution is 7.88. The second-order valence-corrected chi connectivity index (χ2v) is 2.73. The lowest BCUT2D eigenvalue weighted by Gasteiger charge is -1.88. The fourth-order valence-corrected chi connectivity index (χ4v) is 0.409. The summed E-state index contributed by atoms with van der Waals surface area (Å²) in [5, 5.41) is 0.342. The van der Waals surface area contributed by atoms with Crippen LogP contribution < -0.4 is 0 Å². The maximum Gasteiger partial charge on any atom is 0.334 e. The van der Waals surface area contributed by atoms with E-state index in [-0.39, 0.29) is 0 Å². The Morgan fingerprint density at radius 2 is 2.09 bits per heavy atom. The summed E-state index contributed by atoms with van der Waals surface area (Å²) in [4.78, 5) is 10.2. The molecule has 0 amide bonds. The lowest BCUT2D eigenvalue weighted by molar-refractivity contribution is -0.132. The fourth-order valence-electron chi connectivity index (χ4n) is 0.213. The minimum Gasteiger partial charge on any atom is -0.431 e. The Kier molecular flexibility index (Phi) is 3.49. The number of esters is 1. The molecule has 0 saturated heterocycles. The van der Waals surface area contributed by atoms with Gasteiger partial charge in [0.05, 0.1) is 5.41 Å². The Hall–Kier alpha value is -1.14. The smallest absolute Gasteiger partial charge is 0.334 e. The van der Waals surface area contributed by atoms with E-state index in [2.05, 4.69) is 11.3 Å². The first-order chi connectivity index (χ1) is 4.95. The van der Waals surface area contributed by atoms with E-state index < -0.39 is 16.1 Å². The zero-order valence-corrected chi connectivity index (χ0v) is 6.24. The van der Waals surface area contributed by atoms with Crippen molar-refractivity contribution in [2.24, 2.45) is 0 Å². The number of rotatable bonds is 3. The third-order valence-electron chi connectivity index (χ3n) is 0.578. The van der Waals surface area contributed by atoms with E-state index in [9.17, 15) is 13.2 Å². The molecule has 0 atom stereocenters. The van der Waals surface area contributed by atoms with Crippen LogP contribution in [0.1, 0.15) is 0 Å². The first-order valence-corrected chi connectivity index (χ1v) is 3.93. The predicted octanol–water partition coefficient (Wildman–Crippen LogP) is 0.0746. The van der Waals surface area contributed by atoms with E-state index in [1.54, 1.807) is 0 Å². The molecule has 0 aliphatic rings. The molecular formula is C5H6O5S. The van der Waals surface area contributed by atoms with Gasteiger partial charge in [-0.25, -0.2) is 4.79 Å². The molecule has 0 rings (SSSR count). The second kappa shape index (κ2) is 3.89. The second-order valence-electron chi connectivity index (χ2n) is 1.43. The normalized spacial score (nSPS) is 11.4. The van der Waals surface area contributed by atoms with Crippen molar-refractivity contribution in [1.29, 1.82) is 0 Å². The Balaban J connectivity index is 3.99. The van der Waals surface area contributed by atoms with Crippen molar-refractivity contribution >= 4 is 16.1 Å². The topological polar surface area (TPSA) is 80.7 Å². The van der Waals surface area contributed by atoms with Gasteiger partial charge in [-0.05, 0) is 0 Å². The molecule has 11 heavy (non-hydrogen) atoms. The summed E-state index contributed by atoms with van der Waals surface area (Å²) in [6, 6.07) is 0. The Morgan fingerprint density at radius 3 is 2.45 bits per heavy atom. The minimum absolute atomic E-state index is 0.342. The largest absolute Gasteiger partial charge is 0.431 e. The maximum absolute atomic E-state index is 10.2. The third kappa shape index (κ3) is 6.75. The van der Waals surface area contributed by atoms with E-state index in [0.717, 1.165) is 6.08 Å². The number of ether oxygens (including phenoxy) is 1. The van der Waals surface area contributed by atoms with Crippen molar-refractivity contribution in [3.05, 3.63) is 24.3 Å². The Bertz CT molecular complexity index is 273. The number of hydrogen-bond acceptors (Lipinski definition) is 4. The lowest BCUT2D eigenvalue weighted by atomic mass is 10.7. The highest BCUT2D eigenvalue weighted by Gasteiger charge is 1.96.